The fourth-order valence-electron chi connectivity index (χ4n) is 6.22. The van der Waals surface area contributed by atoms with Crippen LogP contribution in [0.5, 0.6) is 0 Å². The molecule has 3 spiro atoms. The lowest BCUT2D eigenvalue weighted by atomic mass is 9.69. The lowest BCUT2D eigenvalue weighted by Crippen LogP contribution is -2.25. The second-order valence-electron chi connectivity index (χ2n) is 6.16. The average molecular weight is 176 g/mol. The summed E-state index contributed by atoms with van der Waals surface area (Å²) in [7, 11) is 0. The highest BCUT2D eigenvalue weighted by molar-refractivity contribution is 5.37. The fourth-order valence-corrected chi connectivity index (χ4v) is 6.22. The van der Waals surface area contributed by atoms with E-state index < -0.39 is 0 Å². The van der Waals surface area contributed by atoms with Gasteiger partial charge in [0, 0.05) is 0 Å². The first-order valence-electron chi connectivity index (χ1n) is 6.37. The quantitative estimate of drug-likeness (QED) is 0.525. The Labute approximate surface area is 81.1 Å². The lowest BCUT2D eigenvalue weighted by Gasteiger charge is -2.35. The molecule has 0 amide bonds. The molecule has 0 aromatic rings. The Morgan fingerprint density at radius 2 is 0.692 bits per heavy atom. The molecule has 0 N–H and O–H groups in total. The van der Waals surface area contributed by atoms with Gasteiger partial charge in [0.1, 0.15) is 0 Å². The Bertz CT molecular complexity index is 239. The molecule has 0 radical (unpaired) electrons. The van der Waals surface area contributed by atoms with Gasteiger partial charge >= 0.3 is 0 Å². The van der Waals surface area contributed by atoms with Gasteiger partial charge in [0.25, 0.3) is 0 Å². The monoisotopic (exact) mass is 176 g/mol. The van der Waals surface area contributed by atoms with E-state index in [1.54, 1.807) is 64.2 Å². The van der Waals surface area contributed by atoms with Gasteiger partial charge < -0.3 is 0 Å². The molecule has 0 saturated heterocycles. The van der Waals surface area contributed by atoms with Crippen molar-refractivity contribution in [1.82, 2.24) is 0 Å². The third-order valence-electron chi connectivity index (χ3n) is 6.58. The van der Waals surface area contributed by atoms with E-state index in [0.717, 1.165) is 16.2 Å². The molecule has 13 heavy (non-hydrogen) atoms. The van der Waals surface area contributed by atoms with Crippen LogP contribution in [0.4, 0.5) is 0 Å². The average Bonchev–Trinajstić information content (AvgIpc) is 2.56. The predicted octanol–water partition coefficient (Wildman–Crippen LogP) is 3.90. The molecular formula is C13H20. The van der Waals surface area contributed by atoms with E-state index in [0.29, 0.717) is 0 Å². The van der Waals surface area contributed by atoms with Gasteiger partial charge in [0.05, 0.1) is 0 Å². The molecule has 0 heteroatoms. The van der Waals surface area contributed by atoms with Crippen molar-refractivity contribution in [2.75, 3.05) is 0 Å². The topological polar surface area (TPSA) is 0 Å². The van der Waals surface area contributed by atoms with E-state index in [2.05, 4.69) is 0 Å². The molecule has 2 unspecified atom stereocenters. The molecule has 0 aromatic carbocycles. The molecule has 4 rings (SSSR count). The van der Waals surface area contributed by atoms with Gasteiger partial charge in [-0.2, -0.15) is 0 Å². The Hall–Kier alpha value is 0. The molecule has 72 valence electrons. The van der Waals surface area contributed by atoms with Crippen LogP contribution >= 0.6 is 0 Å². The van der Waals surface area contributed by atoms with Gasteiger partial charge in [0.15, 0.2) is 0 Å². The largest absolute Gasteiger partial charge is 0.0527 e. The highest BCUT2D eigenvalue weighted by Gasteiger charge is 2.89. The van der Waals surface area contributed by atoms with Crippen LogP contribution in [-0.2, 0) is 0 Å². The second-order valence-corrected chi connectivity index (χ2v) is 6.16. The SMILES string of the molecule is C1CCC23CCC24CCCCC34C1. The zero-order chi connectivity index (χ0) is 8.57. The minimum Gasteiger partial charge on any atom is -0.0527 e. The van der Waals surface area contributed by atoms with Gasteiger partial charge in [-0.05, 0) is 54.8 Å². The summed E-state index contributed by atoms with van der Waals surface area (Å²) >= 11 is 0. The highest BCUT2D eigenvalue weighted by Crippen LogP contribution is 2.96. The molecule has 4 aliphatic rings. The van der Waals surface area contributed by atoms with E-state index in [1.807, 2.05) is 0 Å². The maximum atomic E-state index is 1.62. The lowest BCUT2D eigenvalue weighted by molar-refractivity contribution is 0.147. The van der Waals surface area contributed by atoms with Crippen molar-refractivity contribution in [3.05, 3.63) is 0 Å². The van der Waals surface area contributed by atoms with Crippen molar-refractivity contribution in [2.45, 2.75) is 64.2 Å². The molecule has 4 fully saturated rings. The van der Waals surface area contributed by atoms with Crippen molar-refractivity contribution < 1.29 is 0 Å². The molecule has 0 heterocycles. The maximum Gasteiger partial charge on any atom is -0.0173 e. The predicted molar refractivity (Wildman–Crippen MR) is 53.5 cm³/mol. The fraction of sp³-hybridized carbons (Fsp3) is 1.00. The Morgan fingerprint density at radius 1 is 0.385 bits per heavy atom. The van der Waals surface area contributed by atoms with Crippen LogP contribution in [0.15, 0.2) is 0 Å². The van der Waals surface area contributed by atoms with E-state index in [9.17, 15) is 0 Å². The van der Waals surface area contributed by atoms with Crippen LogP contribution in [-0.4, -0.2) is 0 Å². The third-order valence-corrected chi connectivity index (χ3v) is 6.58. The molecule has 0 aliphatic heterocycles. The number of rotatable bonds is 0. The van der Waals surface area contributed by atoms with Gasteiger partial charge in [-0.25, -0.2) is 0 Å². The molecule has 0 nitrogen and oxygen atoms in total. The summed E-state index contributed by atoms with van der Waals surface area (Å²) in [5.41, 5.74) is 2.81. The van der Waals surface area contributed by atoms with Gasteiger partial charge in [-0.15, -0.1) is 0 Å². The van der Waals surface area contributed by atoms with Crippen LogP contribution in [0.3, 0.4) is 0 Å². The molecule has 4 aliphatic carbocycles. The van der Waals surface area contributed by atoms with E-state index in [4.69, 9.17) is 0 Å². The summed E-state index contributed by atoms with van der Waals surface area (Å²) in [5.74, 6) is 0. The van der Waals surface area contributed by atoms with Gasteiger partial charge in [0.2, 0.25) is 0 Å². The first-order chi connectivity index (χ1) is 6.37. The number of hydrogen-bond acceptors (Lipinski definition) is 0. The molecule has 4 saturated carbocycles. The van der Waals surface area contributed by atoms with Crippen molar-refractivity contribution >= 4 is 0 Å². The van der Waals surface area contributed by atoms with Crippen molar-refractivity contribution in [3.8, 4) is 0 Å². The van der Waals surface area contributed by atoms with Crippen LogP contribution in [0, 0.1) is 16.2 Å². The van der Waals surface area contributed by atoms with Crippen molar-refractivity contribution in [3.63, 3.8) is 0 Å². The molecular weight excluding hydrogens is 156 g/mol. The first kappa shape index (κ1) is 7.31. The van der Waals surface area contributed by atoms with E-state index >= 15 is 0 Å². The summed E-state index contributed by atoms with van der Waals surface area (Å²) in [6.45, 7) is 0. The Kier molecular flexibility index (Phi) is 1.04. The van der Waals surface area contributed by atoms with Gasteiger partial charge in [-0.1, -0.05) is 25.7 Å². The Morgan fingerprint density at radius 3 is 1.00 bits per heavy atom. The first-order valence-corrected chi connectivity index (χ1v) is 6.37. The summed E-state index contributed by atoms with van der Waals surface area (Å²) in [6.07, 6.45) is 15.9. The molecule has 2 atom stereocenters. The van der Waals surface area contributed by atoms with Crippen LogP contribution in [0.2, 0.25) is 0 Å². The second kappa shape index (κ2) is 1.85. The number of hydrogen-bond donors (Lipinski definition) is 0. The minimum absolute atomic E-state index is 0.927. The summed E-state index contributed by atoms with van der Waals surface area (Å²) in [6, 6.07) is 0. The van der Waals surface area contributed by atoms with E-state index in [1.165, 1.54) is 0 Å². The van der Waals surface area contributed by atoms with E-state index in [-0.39, 0.29) is 0 Å². The van der Waals surface area contributed by atoms with Crippen LogP contribution in [0.1, 0.15) is 64.2 Å². The third kappa shape index (κ3) is 0.480. The van der Waals surface area contributed by atoms with Crippen LogP contribution in [0.25, 0.3) is 0 Å². The molecule has 0 aromatic heterocycles. The smallest absolute Gasteiger partial charge is 0.0173 e. The highest BCUT2D eigenvalue weighted by atomic mass is 14.9. The zero-order valence-electron chi connectivity index (χ0n) is 8.57. The molecule has 0 bridgehead atoms. The van der Waals surface area contributed by atoms with Crippen LogP contribution < -0.4 is 0 Å². The maximum absolute atomic E-state index is 1.62. The zero-order valence-corrected chi connectivity index (χ0v) is 8.57. The van der Waals surface area contributed by atoms with Crippen molar-refractivity contribution in [1.29, 1.82) is 0 Å². The summed E-state index contributed by atoms with van der Waals surface area (Å²) < 4.78 is 0. The van der Waals surface area contributed by atoms with Gasteiger partial charge in [-0.3, -0.25) is 0 Å². The minimum atomic E-state index is 0.927. The van der Waals surface area contributed by atoms with Crippen molar-refractivity contribution in [2.24, 2.45) is 16.2 Å². The summed E-state index contributed by atoms with van der Waals surface area (Å²) in [4.78, 5) is 0. The standard InChI is InChI=1S/C13H20/c1-3-7-12-9-10-13(12)8-4-2-6-11(12,13)5-1/h1-10H2. The Balaban J connectivity index is 1.82. The summed E-state index contributed by atoms with van der Waals surface area (Å²) in [5, 5.41) is 0. The normalized spacial score (nSPS) is 62.8.